The van der Waals surface area contributed by atoms with E-state index in [1.54, 1.807) is 6.07 Å². The second-order valence-electron chi connectivity index (χ2n) is 3.32. The summed E-state index contributed by atoms with van der Waals surface area (Å²) >= 11 is 4.20. The minimum absolute atomic E-state index is 0.0450. The Morgan fingerprint density at radius 1 is 1.36 bits per heavy atom. The molecule has 0 N–H and O–H groups in total. The summed E-state index contributed by atoms with van der Waals surface area (Å²) in [4.78, 5) is 22.9. The normalized spacial score (nSPS) is 9.93. The van der Waals surface area contributed by atoms with E-state index < -0.39 is 0 Å². The zero-order valence-electron chi connectivity index (χ0n) is 8.20. The van der Waals surface area contributed by atoms with Crippen LogP contribution in [0.25, 0.3) is 0 Å². The fraction of sp³-hybridized carbons (Fsp3) is 0.273. The molecule has 0 bridgehead atoms. The smallest absolute Gasteiger partial charge is 0.171 e. The van der Waals surface area contributed by atoms with Gasteiger partial charge in [0.15, 0.2) is 5.78 Å². The van der Waals surface area contributed by atoms with Gasteiger partial charge < -0.3 is 0 Å². The summed E-state index contributed by atoms with van der Waals surface area (Å²) in [5.74, 6) is -0.286. The standard InChI is InChI=1S/C11H12O2S/c1-7-3-4-9(11(14)5-7)10(13)6-8(2)12/h3-5,14H,6H2,1-2H3. The van der Waals surface area contributed by atoms with E-state index in [1.165, 1.54) is 6.92 Å². The van der Waals surface area contributed by atoms with Crippen LogP contribution in [-0.4, -0.2) is 11.6 Å². The Morgan fingerprint density at radius 3 is 2.50 bits per heavy atom. The molecule has 0 saturated carbocycles. The third-order valence-corrected chi connectivity index (χ3v) is 2.23. The molecule has 1 aromatic carbocycles. The molecular formula is C11H12O2S. The van der Waals surface area contributed by atoms with Crippen LogP contribution < -0.4 is 0 Å². The fourth-order valence-corrected chi connectivity index (χ4v) is 1.60. The molecule has 74 valence electrons. The molecule has 14 heavy (non-hydrogen) atoms. The van der Waals surface area contributed by atoms with E-state index in [-0.39, 0.29) is 18.0 Å². The third-order valence-electron chi connectivity index (χ3n) is 1.86. The quantitative estimate of drug-likeness (QED) is 0.470. The van der Waals surface area contributed by atoms with Gasteiger partial charge in [0.05, 0.1) is 6.42 Å². The monoisotopic (exact) mass is 208 g/mol. The van der Waals surface area contributed by atoms with Gasteiger partial charge in [-0.1, -0.05) is 12.1 Å². The number of carbonyl (C=O) groups is 2. The van der Waals surface area contributed by atoms with Crippen molar-refractivity contribution < 1.29 is 9.59 Å². The maximum absolute atomic E-state index is 11.5. The number of hydrogen-bond acceptors (Lipinski definition) is 3. The molecule has 0 aromatic heterocycles. The van der Waals surface area contributed by atoms with E-state index in [4.69, 9.17) is 0 Å². The van der Waals surface area contributed by atoms with Gasteiger partial charge in [-0.25, -0.2) is 0 Å². The highest BCUT2D eigenvalue weighted by atomic mass is 32.1. The highest BCUT2D eigenvalue weighted by Gasteiger charge is 2.11. The van der Waals surface area contributed by atoms with Gasteiger partial charge in [-0.2, -0.15) is 0 Å². The van der Waals surface area contributed by atoms with Gasteiger partial charge in [0.2, 0.25) is 0 Å². The maximum atomic E-state index is 11.5. The molecule has 3 heteroatoms. The summed E-state index contributed by atoms with van der Waals surface area (Å²) < 4.78 is 0. The second-order valence-corrected chi connectivity index (χ2v) is 3.80. The summed E-state index contributed by atoms with van der Waals surface area (Å²) in [6.07, 6.45) is -0.0450. The van der Waals surface area contributed by atoms with Crippen molar-refractivity contribution in [1.29, 1.82) is 0 Å². The molecule has 0 heterocycles. The molecule has 0 spiro atoms. The minimum Gasteiger partial charge on any atom is -0.300 e. The van der Waals surface area contributed by atoms with Gasteiger partial charge in [-0.05, 0) is 25.5 Å². The summed E-state index contributed by atoms with van der Waals surface area (Å²) in [5.41, 5.74) is 1.57. The highest BCUT2D eigenvalue weighted by molar-refractivity contribution is 7.80. The summed E-state index contributed by atoms with van der Waals surface area (Å²) in [5, 5.41) is 0. The molecule has 2 nitrogen and oxygen atoms in total. The second kappa shape index (κ2) is 4.42. The number of rotatable bonds is 3. The Morgan fingerprint density at radius 2 is 2.00 bits per heavy atom. The first-order valence-electron chi connectivity index (χ1n) is 4.33. The topological polar surface area (TPSA) is 34.1 Å². The first-order chi connectivity index (χ1) is 6.50. The van der Waals surface area contributed by atoms with Gasteiger partial charge in [0, 0.05) is 10.5 Å². The van der Waals surface area contributed by atoms with Gasteiger partial charge in [-0.3, -0.25) is 9.59 Å². The SMILES string of the molecule is CC(=O)CC(=O)c1ccc(C)cc1S. The van der Waals surface area contributed by atoms with Crippen molar-refractivity contribution in [3.8, 4) is 0 Å². The van der Waals surface area contributed by atoms with E-state index in [0.29, 0.717) is 10.5 Å². The van der Waals surface area contributed by atoms with Gasteiger partial charge in [0.1, 0.15) is 5.78 Å². The number of carbonyl (C=O) groups excluding carboxylic acids is 2. The van der Waals surface area contributed by atoms with Crippen LogP contribution in [0.1, 0.15) is 29.3 Å². The molecule has 1 aromatic rings. The van der Waals surface area contributed by atoms with Crippen LogP contribution in [0.2, 0.25) is 0 Å². The lowest BCUT2D eigenvalue weighted by atomic mass is 10.0. The number of thiol groups is 1. The van der Waals surface area contributed by atoms with Crippen molar-refractivity contribution in [1.82, 2.24) is 0 Å². The number of ketones is 2. The zero-order valence-corrected chi connectivity index (χ0v) is 9.10. The van der Waals surface area contributed by atoms with E-state index in [9.17, 15) is 9.59 Å². The molecule has 0 aliphatic rings. The average molecular weight is 208 g/mol. The van der Waals surface area contributed by atoms with Crippen LogP contribution in [-0.2, 0) is 4.79 Å². The lowest BCUT2D eigenvalue weighted by Crippen LogP contribution is -2.05. The van der Waals surface area contributed by atoms with Crippen LogP contribution in [0.15, 0.2) is 23.1 Å². The molecule has 0 aliphatic carbocycles. The third kappa shape index (κ3) is 2.70. The Labute approximate surface area is 88.7 Å². The number of hydrogen-bond donors (Lipinski definition) is 1. The Bertz CT molecular complexity index is 383. The van der Waals surface area contributed by atoms with Crippen molar-refractivity contribution in [3.63, 3.8) is 0 Å². The van der Waals surface area contributed by atoms with Crippen LogP contribution >= 0.6 is 12.6 Å². The largest absolute Gasteiger partial charge is 0.300 e. The predicted molar refractivity (Wildman–Crippen MR) is 58.1 cm³/mol. The molecule has 0 radical (unpaired) electrons. The van der Waals surface area contributed by atoms with Gasteiger partial charge in [0.25, 0.3) is 0 Å². The molecule has 0 aliphatic heterocycles. The molecule has 0 amide bonds. The first-order valence-corrected chi connectivity index (χ1v) is 4.77. The van der Waals surface area contributed by atoms with E-state index in [2.05, 4.69) is 12.6 Å². The lowest BCUT2D eigenvalue weighted by Gasteiger charge is -2.03. The molecule has 0 unspecified atom stereocenters. The summed E-state index contributed by atoms with van der Waals surface area (Å²) in [7, 11) is 0. The molecule has 0 saturated heterocycles. The van der Waals surface area contributed by atoms with E-state index >= 15 is 0 Å². The van der Waals surface area contributed by atoms with Gasteiger partial charge >= 0.3 is 0 Å². The van der Waals surface area contributed by atoms with Crippen molar-refractivity contribution in [2.24, 2.45) is 0 Å². The number of benzene rings is 1. The van der Waals surface area contributed by atoms with Crippen LogP contribution in [0.4, 0.5) is 0 Å². The van der Waals surface area contributed by atoms with E-state index in [0.717, 1.165) is 5.56 Å². The predicted octanol–water partition coefficient (Wildman–Crippen LogP) is 2.45. The van der Waals surface area contributed by atoms with Crippen molar-refractivity contribution in [2.75, 3.05) is 0 Å². The van der Waals surface area contributed by atoms with Gasteiger partial charge in [-0.15, -0.1) is 12.6 Å². The van der Waals surface area contributed by atoms with Crippen molar-refractivity contribution >= 4 is 24.2 Å². The average Bonchev–Trinajstić information content (AvgIpc) is 2.01. The molecule has 1 rings (SSSR count). The first kappa shape index (κ1) is 11.0. The van der Waals surface area contributed by atoms with Crippen LogP contribution in [0.5, 0.6) is 0 Å². The molecule has 0 fully saturated rings. The van der Waals surface area contributed by atoms with Crippen molar-refractivity contribution in [3.05, 3.63) is 29.3 Å². The Hall–Kier alpha value is -1.09. The number of aryl methyl sites for hydroxylation is 1. The minimum atomic E-state index is -0.164. The maximum Gasteiger partial charge on any atom is 0.171 e. The van der Waals surface area contributed by atoms with Crippen LogP contribution in [0, 0.1) is 6.92 Å². The van der Waals surface area contributed by atoms with Crippen LogP contribution in [0.3, 0.4) is 0 Å². The molecule has 0 atom stereocenters. The lowest BCUT2D eigenvalue weighted by molar-refractivity contribution is -0.116. The van der Waals surface area contributed by atoms with E-state index in [1.807, 2.05) is 19.1 Å². The zero-order chi connectivity index (χ0) is 10.7. The molecular weight excluding hydrogens is 196 g/mol. The Balaban J connectivity index is 2.96. The fourth-order valence-electron chi connectivity index (χ4n) is 1.20. The van der Waals surface area contributed by atoms with Crippen molar-refractivity contribution in [2.45, 2.75) is 25.2 Å². The summed E-state index contributed by atoms with van der Waals surface area (Å²) in [6.45, 7) is 3.34. The highest BCUT2D eigenvalue weighted by Crippen LogP contribution is 2.17. The Kier molecular flexibility index (Phi) is 3.47. The summed E-state index contributed by atoms with van der Waals surface area (Å²) in [6, 6.07) is 5.37. The number of Topliss-reactive ketones (excluding diaryl/α,β-unsaturated/α-hetero) is 2.